The summed E-state index contributed by atoms with van der Waals surface area (Å²) >= 11 is 2.86. The molecule has 1 aromatic carbocycles. The molecule has 106 valence electrons. The summed E-state index contributed by atoms with van der Waals surface area (Å²) in [5.41, 5.74) is -0.292. The molecule has 0 atom stereocenters. The quantitative estimate of drug-likeness (QED) is 0.481. The van der Waals surface area contributed by atoms with Gasteiger partial charge in [0.25, 0.3) is 5.79 Å². The molecule has 0 unspecified atom stereocenters. The zero-order chi connectivity index (χ0) is 15.1. The van der Waals surface area contributed by atoms with E-state index in [-0.39, 0.29) is 15.6 Å². The van der Waals surface area contributed by atoms with Crippen molar-refractivity contribution in [2.24, 2.45) is 0 Å². The van der Waals surface area contributed by atoms with Crippen LogP contribution < -0.4 is 0 Å². The van der Waals surface area contributed by atoms with Crippen LogP contribution in [0.25, 0.3) is 6.08 Å². The Bertz CT molecular complexity index is 614. The van der Waals surface area contributed by atoms with Crippen LogP contribution in [-0.4, -0.2) is 22.8 Å². The number of rotatable bonds is 1. The van der Waals surface area contributed by atoms with Crippen molar-refractivity contribution >= 4 is 33.9 Å². The number of hydrogen-bond acceptors (Lipinski definition) is 5. The molecule has 0 saturated carbocycles. The predicted octanol–water partition coefficient (Wildman–Crippen LogP) is 2.51. The van der Waals surface area contributed by atoms with Crippen molar-refractivity contribution < 1.29 is 28.6 Å². The summed E-state index contributed by atoms with van der Waals surface area (Å²) in [5.74, 6) is -4.17. The zero-order valence-corrected chi connectivity index (χ0v) is 12.2. The van der Waals surface area contributed by atoms with Gasteiger partial charge in [-0.05, 0) is 34.1 Å². The first-order valence-corrected chi connectivity index (χ1v) is 6.36. The van der Waals surface area contributed by atoms with Crippen molar-refractivity contribution in [3.05, 3.63) is 33.6 Å². The SMILES string of the molecule is CC1(C)OC(=O)C(=Cc2ccc(F)c(Br)c2O)C(=O)O1. The molecule has 5 nitrogen and oxygen atoms in total. The van der Waals surface area contributed by atoms with Crippen molar-refractivity contribution in [2.45, 2.75) is 19.6 Å². The second-order valence-electron chi connectivity index (χ2n) is 4.54. The third kappa shape index (κ3) is 2.67. The molecule has 1 heterocycles. The number of carbonyl (C=O) groups excluding carboxylic acids is 2. The third-order valence-corrected chi connectivity index (χ3v) is 3.27. The van der Waals surface area contributed by atoms with E-state index in [0.29, 0.717) is 0 Å². The molecule has 0 amide bonds. The van der Waals surface area contributed by atoms with Crippen molar-refractivity contribution in [3.8, 4) is 5.75 Å². The van der Waals surface area contributed by atoms with Gasteiger partial charge in [-0.25, -0.2) is 14.0 Å². The molecule has 1 N–H and O–H groups in total. The highest BCUT2D eigenvalue weighted by atomic mass is 79.9. The van der Waals surface area contributed by atoms with Crippen LogP contribution in [0.15, 0.2) is 22.2 Å². The third-order valence-electron chi connectivity index (χ3n) is 2.52. The lowest BCUT2D eigenvalue weighted by molar-refractivity contribution is -0.222. The van der Waals surface area contributed by atoms with Gasteiger partial charge in [-0.2, -0.15) is 0 Å². The van der Waals surface area contributed by atoms with Crippen LogP contribution >= 0.6 is 15.9 Å². The maximum atomic E-state index is 13.2. The molecule has 1 fully saturated rings. The first kappa shape index (κ1) is 14.5. The molecule has 1 aromatic rings. The number of benzene rings is 1. The summed E-state index contributed by atoms with van der Waals surface area (Å²) < 4.78 is 22.8. The molecule has 0 aromatic heterocycles. The van der Waals surface area contributed by atoms with Gasteiger partial charge in [-0.15, -0.1) is 0 Å². The summed E-state index contributed by atoms with van der Waals surface area (Å²) in [6, 6.07) is 2.31. The standard InChI is InChI=1S/C13H10BrFO5/c1-13(2)19-11(17)7(12(18)20-13)5-6-3-4-8(15)9(14)10(6)16/h3-5,16H,1-2H3. The first-order chi connectivity index (χ1) is 9.21. The van der Waals surface area contributed by atoms with Gasteiger partial charge < -0.3 is 14.6 Å². The maximum Gasteiger partial charge on any atom is 0.348 e. The molecular weight excluding hydrogens is 335 g/mol. The van der Waals surface area contributed by atoms with Crippen molar-refractivity contribution in [2.75, 3.05) is 0 Å². The number of hydrogen-bond donors (Lipinski definition) is 1. The minimum atomic E-state index is -1.34. The lowest BCUT2D eigenvalue weighted by Crippen LogP contribution is -2.41. The number of phenols is 1. The number of esters is 2. The Morgan fingerprint density at radius 1 is 1.25 bits per heavy atom. The van der Waals surface area contributed by atoms with E-state index in [0.717, 1.165) is 12.1 Å². The number of ether oxygens (including phenoxy) is 2. The second-order valence-corrected chi connectivity index (χ2v) is 5.33. The molecule has 2 rings (SSSR count). The molecule has 7 heteroatoms. The Morgan fingerprint density at radius 3 is 2.35 bits per heavy atom. The lowest BCUT2D eigenvalue weighted by atomic mass is 10.1. The number of halogens is 2. The van der Waals surface area contributed by atoms with Crippen LogP contribution in [0.4, 0.5) is 4.39 Å². The number of aromatic hydroxyl groups is 1. The van der Waals surface area contributed by atoms with Gasteiger partial charge in [-0.1, -0.05) is 0 Å². The number of cyclic esters (lactones) is 2. The van der Waals surface area contributed by atoms with E-state index in [4.69, 9.17) is 9.47 Å². The maximum absolute atomic E-state index is 13.2. The first-order valence-electron chi connectivity index (χ1n) is 5.56. The van der Waals surface area contributed by atoms with E-state index >= 15 is 0 Å². The zero-order valence-electron chi connectivity index (χ0n) is 10.6. The average molecular weight is 345 g/mol. The number of phenolic OH excluding ortho intramolecular Hbond substituents is 1. The summed E-state index contributed by atoms with van der Waals surface area (Å²) in [7, 11) is 0. The summed E-state index contributed by atoms with van der Waals surface area (Å²) in [4.78, 5) is 23.5. The van der Waals surface area contributed by atoms with Gasteiger partial charge in [0, 0.05) is 19.4 Å². The minimum Gasteiger partial charge on any atom is -0.506 e. The van der Waals surface area contributed by atoms with Gasteiger partial charge in [-0.3, -0.25) is 0 Å². The highest BCUT2D eigenvalue weighted by Gasteiger charge is 2.39. The van der Waals surface area contributed by atoms with Crippen LogP contribution in [0.5, 0.6) is 5.75 Å². The average Bonchev–Trinajstić information content (AvgIpc) is 2.32. The Balaban J connectivity index is 2.44. The van der Waals surface area contributed by atoms with Crippen molar-refractivity contribution in [1.29, 1.82) is 0 Å². The Morgan fingerprint density at radius 2 is 1.80 bits per heavy atom. The molecule has 20 heavy (non-hydrogen) atoms. The van der Waals surface area contributed by atoms with Gasteiger partial charge in [0.05, 0.1) is 4.47 Å². The number of carbonyl (C=O) groups is 2. The highest BCUT2D eigenvalue weighted by Crippen LogP contribution is 2.33. The molecule has 1 aliphatic rings. The van der Waals surface area contributed by atoms with Gasteiger partial charge in [0.15, 0.2) is 0 Å². The minimum absolute atomic E-state index is 0.0851. The molecule has 0 spiro atoms. The summed E-state index contributed by atoms with van der Waals surface area (Å²) in [5, 5.41) is 9.75. The fraction of sp³-hybridized carbons (Fsp3) is 0.231. The van der Waals surface area contributed by atoms with Crippen molar-refractivity contribution in [1.82, 2.24) is 0 Å². The Hall–Kier alpha value is -1.89. The Labute approximate surface area is 122 Å². The largest absolute Gasteiger partial charge is 0.506 e. The molecule has 0 bridgehead atoms. The van der Waals surface area contributed by atoms with Gasteiger partial charge in [0.2, 0.25) is 0 Å². The molecule has 0 radical (unpaired) electrons. The highest BCUT2D eigenvalue weighted by molar-refractivity contribution is 9.10. The van der Waals surface area contributed by atoms with Gasteiger partial charge >= 0.3 is 11.9 Å². The molecule has 0 aliphatic carbocycles. The van der Waals surface area contributed by atoms with Crippen LogP contribution in [0.2, 0.25) is 0 Å². The van der Waals surface area contributed by atoms with E-state index in [1.807, 2.05) is 0 Å². The summed E-state index contributed by atoms with van der Waals surface area (Å²) in [6.07, 6.45) is 1.08. The van der Waals surface area contributed by atoms with E-state index < -0.39 is 29.3 Å². The molecule has 1 saturated heterocycles. The lowest BCUT2D eigenvalue weighted by Gasteiger charge is -2.29. The Kier molecular flexibility index (Phi) is 3.56. The van der Waals surface area contributed by atoms with E-state index in [1.165, 1.54) is 19.9 Å². The van der Waals surface area contributed by atoms with Crippen LogP contribution in [0.3, 0.4) is 0 Å². The van der Waals surface area contributed by atoms with Crippen molar-refractivity contribution in [3.63, 3.8) is 0 Å². The topological polar surface area (TPSA) is 72.8 Å². The van der Waals surface area contributed by atoms with Crippen LogP contribution in [-0.2, 0) is 19.1 Å². The van der Waals surface area contributed by atoms with E-state index in [9.17, 15) is 19.1 Å². The van der Waals surface area contributed by atoms with E-state index in [2.05, 4.69) is 15.9 Å². The smallest absolute Gasteiger partial charge is 0.348 e. The fourth-order valence-electron chi connectivity index (χ4n) is 1.61. The predicted molar refractivity (Wildman–Crippen MR) is 70.0 cm³/mol. The normalized spacial score (nSPS) is 17.5. The second kappa shape index (κ2) is 4.90. The summed E-state index contributed by atoms with van der Waals surface area (Å²) in [6.45, 7) is 2.84. The molecular formula is C13H10BrFO5. The van der Waals surface area contributed by atoms with Gasteiger partial charge in [0.1, 0.15) is 17.1 Å². The monoisotopic (exact) mass is 344 g/mol. The van der Waals surface area contributed by atoms with E-state index in [1.54, 1.807) is 0 Å². The van der Waals surface area contributed by atoms with Crippen LogP contribution in [0, 0.1) is 5.82 Å². The fourth-order valence-corrected chi connectivity index (χ4v) is 1.97. The molecule has 1 aliphatic heterocycles. The van der Waals surface area contributed by atoms with Crippen LogP contribution in [0.1, 0.15) is 19.4 Å².